The normalized spacial score (nSPS) is 11.8. The number of hydrogen-bond donors (Lipinski definition) is 0. The van der Waals surface area contributed by atoms with Gasteiger partial charge in [-0.2, -0.15) is 0 Å². The van der Waals surface area contributed by atoms with Gasteiger partial charge in [-0.3, -0.25) is 0 Å². The van der Waals surface area contributed by atoms with Crippen molar-refractivity contribution in [3.8, 4) is 11.3 Å². The number of hydrogen-bond acceptors (Lipinski definition) is 2. The molecule has 2 aromatic rings. The monoisotopic (exact) mass is 259 g/mol. The maximum atomic E-state index is 4.67. The number of thiazole rings is 1. The summed E-state index contributed by atoms with van der Waals surface area (Å²) in [7, 11) is 0. The first kappa shape index (κ1) is 13.3. The quantitative estimate of drug-likeness (QED) is 0.741. The van der Waals surface area contributed by atoms with Gasteiger partial charge in [0.1, 0.15) is 0 Å². The third kappa shape index (κ3) is 2.64. The maximum Gasteiger partial charge on any atom is 0.0929 e. The summed E-state index contributed by atoms with van der Waals surface area (Å²) in [5.74, 6) is 0. The molecule has 1 aromatic carbocycles. The molecular formula is C16H21NS. The molecule has 0 bridgehead atoms. The van der Waals surface area contributed by atoms with E-state index in [0.717, 1.165) is 12.1 Å². The average Bonchev–Trinajstić information content (AvgIpc) is 2.76. The van der Waals surface area contributed by atoms with Crippen LogP contribution in [0.1, 0.15) is 43.8 Å². The molecule has 0 aliphatic rings. The number of aromatic nitrogens is 1. The second-order valence-corrected chi connectivity index (χ2v) is 6.70. The Labute approximate surface area is 114 Å². The zero-order chi connectivity index (χ0) is 13.3. The Hall–Kier alpha value is -1.15. The van der Waals surface area contributed by atoms with E-state index in [0.29, 0.717) is 0 Å². The minimum absolute atomic E-state index is 0.208. The predicted octanol–water partition coefficient (Wildman–Crippen LogP) is 4.98. The second-order valence-electron chi connectivity index (χ2n) is 5.76. The molecule has 1 heterocycles. The third-order valence-corrected chi connectivity index (χ3v) is 4.22. The molecule has 0 amide bonds. The van der Waals surface area contributed by atoms with Gasteiger partial charge in [0.05, 0.1) is 10.7 Å². The largest absolute Gasteiger partial charge is 0.241 e. The Bertz CT molecular complexity index is 546. The molecule has 0 spiro atoms. The van der Waals surface area contributed by atoms with Gasteiger partial charge in [0.25, 0.3) is 0 Å². The van der Waals surface area contributed by atoms with Crippen molar-refractivity contribution in [2.24, 2.45) is 0 Å². The summed E-state index contributed by atoms with van der Waals surface area (Å²) in [5.41, 5.74) is 5.29. The number of benzene rings is 1. The standard InChI is InChI=1S/C16H21NS/c1-6-15-17-14(10-18-15)13-8-7-12(9-11(13)2)16(3,4)5/h7-10H,6H2,1-5H3. The lowest BCUT2D eigenvalue weighted by atomic mass is 9.85. The van der Waals surface area contributed by atoms with Crippen molar-refractivity contribution in [1.82, 2.24) is 4.98 Å². The third-order valence-electron chi connectivity index (χ3n) is 3.22. The van der Waals surface area contributed by atoms with Crippen molar-refractivity contribution in [3.63, 3.8) is 0 Å². The molecule has 0 atom stereocenters. The minimum Gasteiger partial charge on any atom is -0.241 e. The summed E-state index contributed by atoms with van der Waals surface area (Å²) in [5, 5.41) is 3.38. The topological polar surface area (TPSA) is 12.9 Å². The van der Waals surface area contributed by atoms with Crippen molar-refractivity contribution in [2.75, 3.05) is 0 Å². The zero-order valence-corrected chi connectivity index (χ0v) is 12.7. The molecular weight excluding hydrogens is 238 g/mol. The fourth-order valence-electron chi connectivity index (χ4n) is 2.01. The zero-order valence-electron chi connectivity index (χ0n) is 11.9. The Morgan fingerprint density at radius 3 is 2.44 bits per heavy atom. The van der Waals surface area contributed by atoms with Crippen molar-refractivity contribution in [2.45, 2.75) is 46.5 Å². The molecule has 0 radical (unpaired) electrons. The summed E-state index contributed by atoms with van der Waals surface area (Å²) >= 11 is 1.75. The van der Waals surface area contributed by atoms with Crippen LogP contribution in [-0.2, 0) is 11.8 Å². The van der Waals surface area contributed by atoms with Crippen molar-refractivity contribution in [3.05, 3.63) is 39.7 Å². The summed E-state index contributed by atoms with van der Waals surface area (Å²) in [6, 6.07) is 6.73. The van der Waals surface area contributed by atoms with Crippen LogP contribution in [-0.4, -0.2) is 4.98 Å². The summed E-state index contributed by atoms with van der Waals surface area (Å²) in [6.45, 7) is 11.1. The van der Waals surface area contributed by atoms with E-state index in [2.05, 4.69) is 63.2 Å². The number of aryl methyl sites for hydroxylation is 2. The lowest BCUT2D eigenvalue weighted by molar-refractivity contribution is 0.590. The maximum absolute atomic E-state index is 4.67. The lowest BCUT2D eigenvalue weighted by Gasteiger charge is -2.20. The van der Waals surface area contributed by atoms with E-state index < -0.39 is 0 Å². The van der Waals surface area contributed by atoms with Gasteiger partial charge in [0.15, 0.2) is 0 Å². The van der Waals surface area contributed by atoms with Gasteiger partial charge in [0.2, 0.25) is 0 Å². The molecule has 1 nitrogen and oxygen atoms in total. The van der Waals surface area contributed by atoms with Crippen LogP contribution in [0.4, 0.5) is 0 Å². The van der Waals surface area contributed by atoms with Gasteiger partial charge in [0, 0.05) is 10.9 Å². The predicted molar refractivity (Wildman–Crippen MR) is 80.4 cm³/mol. The molecule has 0 unspecified atom stereocenters. The highest BCUT2D eigenvalue weighted by Gasteiger charge is 2.15. The molecule has 0 saturated heterocycles. The van der Waals surface area contributed by atoms with E-state index >= 15 is 0 Å². The van der Waals surface area contributed by atoms with Crippen LogP contribution in [0.25, 0.3) is 11.3 Å². The first-order chi connectivity index (χ1) is 8.41. The van der Waals surface area contributed by atoms with Crippen molar-refractivity contribution < 1.29 is 0 Å². The van der Waals surface area contributed by atoms with Crippen molar-refractivity contribution in [1.29, 1.82) is 0 Å². The first-order valence-electron chi connectivity index (χ1n) is 6.47. The van der Waals surface area contributed by atoms with Crippen molar-refractivity contribution >= 4 is 11.3 Å². The molecule has 0 N–H and O–H groups in total. The molecule has 0 saturated carbocycles. The van der Waals surface area contributed by atoms with Gasteiger partial charge in [-0.25, -0.2) is 4.98 Å². The molecule has 1 aromatic heterocycles. The highest BCUT2D eigenvalue weighted by Crippen LogP contribution is 2.30. The van der Waals surface area contributed by atoms with E-state index in [1.54, 1.807) is 11.3 Å². The Morgan fingerprint density at radius 2 is 1.94 bits per heavy atom. The van der Waals surface area contributed by atoms with Gasteiger partial charge in [-0.05, 0) is 29.9 Å². The van der Waals surface area contributed by atoms with E-state index in [9.17, 15) is 0 Å². The van der Waals surface area contributed by atoms with E-state index in [1.807, 2.05) is 0 Å². The van der Waals surface area contributed by atoms with Crippen LogP contribution in [0.15, 0.2) is 23.6 Å². The molecule has 2 rings (SSSR count). The van der Waals surface area contributed by atoms with Crippen LogP contribution in [0.3, 0.4) is 0 Å². The average molecular weight is 259 g/mol. The Kier molecular flexibility index (Phi) is 3.58. The molecule has 18 heavy (non-hydrogen) atoms. The molecule has 0 fully saturated rings. The fraction of sp³-hybridized carbons (Fsp3) is 0.438. The van der Waals surface area contributed by atoms with Gasteiger partial charge >= 0.3 is 0 Å². The van der Waals surface area contributed by atoms with E-state index in [4.69, 9.17) is 0 Å². The first-order valence-corrected chi connectivity index (χ1v) is 7.35. The molecule has 96 valence electrons. The van der Waals surface area contributed by atoms with Gasteiger partial charge < -0.3 is 0 Å². The molecule has 2 heteroatoms. The Morgan fingerprint density at radius 1 is 1.22 bits per heavy atom. The van der Waals surface area contributed by atoms with Gasteiger partial charge in [-0.15, -0.1) is 11.3 Å². The SMILES string of the molecule is CCc1nc(-c2ccc(C(C)(C)C)cc2C)cs1. The highest BCUT2D eigenvalue weighted by atomic mass is 32.1. The van der Waals surface area contributed by atoms with Crippen LogP contribution < -0.4 is 0 Å². The summed E-state index contributed by atoms with van der Waals surface area (Å²) < 4.78 is 0. The van der Waals surface area contributed by atoms with Crippen LogP contribution >= 0.6 is 11.3 Å². The molecule has 0 aliphatic heterocycles. The highest BCUT2D eigenvalue weighted by molar-refractivity contribution is 7.09. The van der Waals surface area contributed by atoms with E-state index in [-0.39, 0.29) is 5.41 Å². The van der Waals surface area contributed by atoms with E-state index in [1.165, 1.54) is 21.7 Å². The fourth-order valence-corrected chi connectivity index (χ4v) is 2.76. The van der Waals surface area contributed by atoms with Crippen LogP contribution in [0.5, 0.6) is 0 Å². The summed E-state index contributed by atoms with van der Waals surface area (Å²) in [6.07, 6.45) is 1.02. The summed E-state index contributed by atoms with van der Waals surface area (Å²) in [4.78, 5) is 4.67. The molecule has 0 aliphatic carbocycles. The van der Waals surface area contributed by atoms with Crippen LogP contribution in [0, 0.1) is 6.92 Å². The smallest absolute Gasteiger partial charge is 0.0929 e. The minimum atomic E-state index is 0.208. The lowest BCUT2D eigenvalue weighted by Crippen LogP contribution is -2.11. The van der Waals surface area contributed by atoms with Crippen LogP contribution in [0.2, 0.25) is 0 Å². The Balaban J connectivity index is 2.41. The number of rotatable bonds is 2. The second kappa shape index (κ2) is 4.85. The number of nitrogens with zero attached hydrogens (tertiary/aromatic N) is 1. The van der Waals surface area contributed by atoms with Gasteiger partial charge in [-0.1, -0.05) is 45.9 Å².